The lowest BCUT2D eigenvalue weighted by molar-refractivity contribution is -0.137. The molecule has 7 heteroatoms. The van der Waals surface area contributed by atoms with Crippen molar-refractivity contribution < 1.29 is 22.2 Å². The van der Waals surface area contributed by atoms with Crippen molar-refractivity contribution in [2.24, 2.45) is 0 Å². The fraction of sp³-hybridized carbons (Fsp3) is 0.500. The maximum Gasteiger partial charge on any atom is 0.416 e. The standard InChI is InChI=1S/C12H16F3O2PS/c1-3-4-8-16-18(2,19)17-11-7-5-6-10(9-11)12(13,14)15/h5-7,9H,3-4,8H2,1-2H3. The Labute approximate surface area is 116 Å². The van der Waals surface area contributed by atoms with Gasteiger partial charge in [-0.25, -0.2) is 0 Å². The highest BCUT2D eigenvalue weighted by molar-refractivity contribution is 8.09. The summed E-state index contributed by atoms with van der Waals surface area (Å²) in [5.74, 6) is 0.0946. The highest BCUT2D eigenvalue weighted by Gasteiger charge is 2.30. The molecule has 0 spiro atoms. The molecular weight excluding hydrogens is 296 g/mol. The minimum absolute atomic E-state index is 0.0946. The third-order valence-electron chi connectivity index (χ3n) is 2.26. The van der Waals surface area contributed by atoms with Crippen LogP contribution in [0.3, 0.4) is 0 Å². The van der Waals surface area contributed by atoms with E-state index in [0.717, 1.165) is 25.0 Å². The quantitative estimate of drug-likeness (QED) is 0.553. The lowest BCUT2D eigenvalue weighted by Crippen LogP contribution is -2.05. The molecule has 0 N–H and O–H groups in total. The zero-order chi connectivity index (χ0) is 14.5. The zero-order valence-corrected chi connectivity index (χ0v) is 12.4. The lowest BCUT2D eigenvalue weighted by Gasteiger charge is -2.19. The average Bonchev–Trinajstić information content (AvgIpc) is 2.27. The van der Waals surface area contributed by atoms with Crippen molar-refractivity contribution in [2.75, 3.05) is 13.3 Å². The first kappa shape index (κ1) is 16.5. The predicted octanol–water partition coefficient (Wildman–Crippen LogP) is 4.84. The van der Waals surface area contributed by atoms with E-state index in [2.05, 4.69) is 0 Å². The molecule has 19 heavy (non-hydrogen) atoms. The van der Waals surface area contributed by atoms with E-state index in [0.29, 0.717) is 6.61 Å². The van der Waals surface area contributed by atoms with Gasteiger partial charge in [0, 0.05) is 6.66 Å². The van der Waals surface area contributed by atoms with Crippen molar-refractivity contribution in [1.29, 1.82) is 0 Å². The Morgan fingerprint density at radius 3 is 2.58 bits per heavy atom. The van der Waals surface area contributed by atoms with E-state index in [1.165, 1.54) is 12.1 Å². The predicted molar refractivity (Wildman–Crippen MR) is 73.1 cm³/mol. The van der Waals surface area contributed by atoms with Crippen LogP contribution in [-0.2, 0) is 22.5 Å². The van der Waals surface area contributed by atoms with Gasteiger partial charge in [-0.05, 0) is 36.4 Å². The summed E-state index contributed by atoms with van der Waals surface area (Å²) in [7, 11) is 0. The van der Waals surface area contributed by atoms with Crippen molar-refractivity contribution in [1.82, 2.24) is 0 Å². The first-order valence-electron chi connectivity index (χ1n) is 5.83. The van der Waals surface area contributed by atoms with E-state index in [9.17, 15) is 13.2 Å². The van der Waals surface area contributed by atoms with Crippen molar-refractivity contribution in [3.05, 3.63) is 29.8 Å². The van der Waals surface area contributed by atoms with Crippen LogP contribution >= 0.6 is 6.49 Å². The lowest BCUT2D eigenvalue weighted by atomic mass is 10.2. The summed E-state index contributed by atoms with van der Waals surface area (Å²) in [6, 6.07) is 4.67. The second-order valence-electron chi connectivity index (χ2n) is 4.07. The molecule has 0 fully saturated rings. The van der Waals surface area contributed by atoms with E-state index in [-0.39, 0.29) is 5.75 Å². The molecule has 0 saturated carbocycles. The molecule has 1 unspecified atom stereocenters. The van der Waals surface area contributed by atoms with Crippen LogP contribution in [0.5, 0.6) is 5.75 Å². The molecule has 0 radical (unpaired) electrons. The molecule has 0 aliphatic carbocycles. The molecule has 0 bridgehead atoms. The third kappa shape index (κ3) is 5.93. The van der Waals surface area contributed by atoms with Gasteiger partial charge in [0.15, 0.2) is 0 Å². The number of alkyl halides is 3. The second-order valence-corrected chi connectivity index (χ2v) is 8.05. The molecule has 0 saturated heterocycles. The molecule has 1 aromatic rings. The van der Waals surface area contributed by atoms with Crippen LogP contribution in [0.4, 0.5) is 13.2 Å². The first-order chi connectivity index (χ1) is 8.74. The Balaban J connectivity index is 2.74. The van der Waals surface area contributed by atoms with Crippen LogP contribution < -0.4 is 4.52 Å². The Kier molecular flexibility index (Phi) is 5.83. The molecule has 2 nitrogen and oxygen atoms in total. The summed E-state index contributed by atoms with van der Waals surface area (Å²) >= 11 is 5.16. The molecule has 0 aliphatic rings. The molecule has 0 aromatic heterocycles. The summed E-state index contributed by atoms with van der Waals surface area (Å²) < 4.78 is 48.4. The SMILES string of the molecule is CCCCOP(C)(=S)Oc1cccc(C(F)(F)F)c1. The minimum Gasteiger partial charge on any atom is -0.444 e. The molecule has 108 valence electrons. The van der Waals surface area contributed by atoms with Crippen LogP contribution in [0.15, 0.2) is 24.3 Å². The molecule has 0 amide bonds. The van der Waals surface area contributed by atoms with Crippen LogP contribution in [-0.4, -0.2) is 13.3 Å². The summed E-state index contributed by atoms with van der Waals surface area (Å²) in [6.45, 7) is 1.53. The number of benzene rings is 1. The van der Waals surface area contributed by atoms with E-state index in [4.69, 9.17) is 20.9 Å². The van der Waals surface area contributed by atoms with Gasteiger partial charge in [0.05, 0.1) is 12.2 Å². The minimum atomic E-state index is -4.39. The van der Waals surface area contributed by atoms with E-state index < -0.39 is 18.2 Å². The number of halogens is 3. The molecule has 0 heterocycles. The van der Waals surface area contributed by atoms with Crippen LogP contribution in [0, 0.1) is 0 Å². The van der Waals surface area contributed by atoms with Gasteiger partial charge in [0.1, 0.15) is 5.75 Å². The monoisotopic (exact) mass is 312 g/mol. The van der Waals surface area contributed by atoms with Crippen molar-refractivity contribution in [2.45, 2.75) is 25.9 Å². The average molecular weight is 312 g/mol. The normalized spacial score (nSPS) is 15.0. The highest BCUT2D eigenvalue weighted by Crippen LogP contribution is 2.45. The molecule has 1 atom stereocenters. The summed E-state index contributed by atoms with van der Waals surface area (Å²) in [5.41, 5.74) is -0.756. The molecular formula is C12H16F3O2PS. The Hall–Kier alpha value is -0.580. The van der Waals surface area contributed by atoms with Gasteiger partial charge in [0.2, 0.25) is 6.49 Å². The Morgan fingerprint density at radius 1 is 1.32 bits per heavy atom. The third-order valence-corrected chi connectivity index (χ3v) is 3.99. The van der Waals surface area contributed by atoms with Crippen LogP contribution in [0.2, 0.25) is 0 Å². The summed E-state index contributed by atoms with van der Waals surface area (Å²) in [5, 5.41) is 0. The fourth-order valence-corrected chi connectivity index (χ4v) is 2.81. The van der Waals surface area contributed by atoms with Crippen molar-refractivity contribution in [3.8, 4) is 5.75 Å². The van der Waals surface area contributed by atoms with Crippen LogP contribution in [0.1, 0.15) is 25.3 Å². The highest BCUT2D eigenvalue weighted by atomic mass is 32.5. The van der Waals surface area contributed by atoms with E-state index in [1.807, 2.05) is 6.92 Å². The summed E-state index contributed by atoms with van der Waals surface area (Å²) in [6.07, 6.45) is -2.59. The van der Waals surface area contributed by atoms with Crippen LogP contribution in [0.25, 0.3) is 0 Å². The topological polar surface area (TPSA) is 18.5 Å². The van der Waals surface area contributed by atoms with Gasteiger partial charge in [0.25, 0.3) is 0 Å². The number of unbranched alkanes of at least 4 members (excludes halogenated alkanes) is 1. The Morgan fingerprint density at radius 2 is 2.00 bits per heavy atom. The van der Waals surface area contributed by atoms with Gasteiger partial charge in [-0.3, -0.25) is 0 Å². The fourth-order valence-electron chi connectivity index (χ4n) is 1.32. The van der Waals surface area contributed by atoms with Crippen molar-refractivity contribution >= 4 is 18.3 Å². The smallest absolute Gasteiger partial charge is 0.416 e. The maximum absolute atomic E-state index is 12.5. The van der Waals surface area contributed by atoms with E-state index in [1.54, 1.807) is 6.66 Å². The van der Waals surface area contributed by atoms with Gasteiger partial charge >= 0.3 is 6.18 Å². The van der Waals surface area contributed by atoms with Gasteiger partial charge in [-0.2, -0.15) is 13.2 Å². The number of hydrogen-bond acceptors (Lipinski definition) is 3. The summed E-state index contributed by atoms with van der Waals surface area (Å²) in [4.78, 5) is 0. The van der Waals surface area contributed by atoms with Gasteiger partial charge < -0.3 is 9.05 Å². The van der Waals surface area contributed by atoms with Crippen molar-refractivity contribution in [3.63, 3.8) is 0 Å². The molecule has 1 rings (SSSR count). The first-order valence-corrected chi connectivity index (χ1v) is 8.92. The molecule has 0 aliphatic heterocycles. The van der Waals surface area contributed by atoms with Gasteiger partial charge in [-0.1, -0.05) is 19.4 Å². The second kappa shape index (κ2) is 6.73. The van der Waals surface area contributed by atoms with E-state index >= 15 is 0 Å². The zero-order valence-electron chi connectivity index (χ0n) is 10.7. The Bertz CT molecular complexity index is 463. The largest absolute Gasteiger partial charge is 0.444 e. The molecule has 1 aromatic carbocycles. The van der Waals surface area contributed by atoms with Gasteiger partial charge in [-0.15, -0.1) is 0 Å². The number of rotatable bonds is 6. The maximum atomic E-state index is 12.5. The number of hydrogen-bond donors (Lipinski definition) is 0.